The van der Waals surface area contributed by atoms with E-state index in [0.29, 0.717) is 34.3 Å². The number of amides is 1. The van der Waals surface area contributed by atoms with Gasteiger partial charge in [0.15, 0.2) is 16.6 Å². The van der Waals surface area contributed by atoms with Crippen molar-refractivity contribution in [3.8, 4) is 23.0 Å². The van der Waals surface area contributed by atoms with Gasteiger partial charge in [-0.05, 0) is 37.3 Å². The van der Waals surface area contributed by atoms with Gasteiger partial charge in [-0.1, -0.05) is 35.2 Å². The van der Waals surface area contributed by atoms with Gasteiger partial charge in [0.25, 0.3) is 5.22 Å². The third-order valence-corrected chi connectivity index (χ3v) is 6.34. The molecule has 0 N–H and O–H groups in total. The van der Waals surface area contributed by atoms with Gasteiger partial charge in [-0.15, -0.1) is 10.2 Å². The molecule has 3 heterocycles. The Morgan fingerprint density at radius 1 is 1.17 bits per heavy atom. The van der Waals surface area contributed by atoms with Gasteiger partial charge in [-0.2, -0.15) is 0 Å². The molecule has 2 aromatic heterocycles. The van der Waals surface area contributed by atoms with Crippen molar-refractivity contribution < 1.29 is 18.7 Å². The number of carbonyl (C=O) groups is 1. The molecular formula is C20H16N4O4S2. The average molecular weight is 441 g/mol. The lowest BCUT2D eigenvalue weighted by molar-refractivity contribution is -0.116. The fourth-order valence-corrected chi connectivity index (χ4v) is 4.70. The Morgan fingerprint density at radius 2 is 2.03 bits per heavy atom. The van der Waals surface area contributed by atoms with Crippen LogP contribution in [-0.2, 0) is 4.79 Å². The van der Waals surface area contributed by atoms with Gasteiger partial charge in [0, 0.05) is 12.1 Å². The third kappa shape index (κ3) is 3.59. The molecule has 0 saturated heterocycles. The maximum Gasteiger partial charge on any atom is 0.277 e. The van der Waals surface area contributed by atoms with Gasteiger partial charge in [0.2, 0.25) is 18.6 Å². The molecule has 0 spiro atoms. The molecule has 4 aromatic rings. The fraction of sp³-hybridized carbons (Fsp3) is 0.200. The van der Waals surface area contributed by atoms with Crippen molar-refractivity contribution in [2.24, 2.45) is 0 Å². The highest BCUT2D eigenvalue weighted by Crippen LogP contribution is 2.36. The van der Waals surface area contributed by atoms with Crippen LogP contribution in [0.25, 0.3) is 21.7 Å². The molecule has 5 rings (SSSR count). The molecule has 0 fully saturated rings. The van der Waals surface area contributed by atoms with Crippen molar-refractivity contribution in [1.82, 2.24) is 15.2 Å². The predicted octanol–water partition coefficient (Wildman–Crippen LogP) is 4.22. The SMILES string of the molecule is CCN(C(=O)CSc1nnc(-c2ccc3c(c2)OCO3)o1)c1nc2ccccc2s1. The lowest BCUT2D eigenvalue weighted by atomic mass is 10.2. The number of para-hydroxylation sites is 1. The van der Waals surface area contributed by atoms with E-state index in [1.165, 1.54) is 23.1 Å². The third-order valence-electron chi connectivity index (χ3n) is 4.48. The first-order valence-electron chi connectivity index (χ1n) is 9.23. The Labute approximate surface area is 179 Å². The van der Waals surface area contributed by atoms with Crippen molar-refractivity contribution >= 4 is 44.4 Å². The first kappa shape index (κ1) is 18.9. The van der Waals surface area contributed by atoms with Crippen molar-refractivity contribution in [2.75, 3.05) is 24.0 Å². The van der Waals surface area contributed by atoms with Gasteiger partial charge in [0.05, 0.1) is 16.0 Å². The minimum absolute atomic E-state index is 0.0654. The van der Waals surface area contributed by atoms with E-state index in [1.807, 2.05) is 37.3 Å². The molecule has 1 amide bonds. The van der Waals surface area contributed by atoms with Crippen molar-refractivity contribution in [3.05, 3.63) is 42.5 Å². The number of carbonyl (C=O) groups excluding carboxylic acids is 1. The van der Waals surface area contributed by atoms with E-state index in [0.717, 1.165) is 15.8 Å². The van der Waals surface area contributed by atoms with Crippen LogP contribution in [0, 0.1) is 0 Å². The molecule has 1 aliphatic rings. The first-order valence-corrected chi connectivity index (χ1v) is 11.0. The van der Waals surface area contributed by atoms with E-state index in [9.17, 15) is 4.79 Å². The number of benzene rings is 2. The molecule has 0 unspecified atom stereocenters. The molecule has 10 heteroatoms. The van der Waals surface area contributed by atoms with E-state index in [-0.39, 0.29) is 18.5 Å². The molecule has 1 aliphatic heterocycles. The quantitative estimate of drug-likeness (QED) is 0.412. The van der Waals surface area contributed by atoms with Crippen LogP contribution < -0.4 is 14.4 Å². The normalized spacial score (nSPS) is 12.4. The minimum atomic E-state index is -0.0654. The monoisotopic (exact) mass is 440 g/mol. The molecule has 0 aliphatic carbocycles. The van der Waals surface area contributed by atoms with Crippen LogP contribution in [0.1, 0.15) is 6.92 Å². The summed E-state index contributed by atoms with van der Waals surface area (Å²) >= 11 is 2.71. The van der Waals surface area contributed by atoms with E-state index < -0.39 is 0 Å². The Bertz CT molecular complexity index is 1190. The Morgan fingerprint density at radius 3 is 2.90 bits per heavy atom. The molecule has 0 atom stereocenters. The second kappa shape index (κ2) is 7.96. The van der Waals surface area contributed by atoms with Gasteiger partial charge < -0.3 is 13.9 Å². The van der Waals surface area contributed by atoms with E-state index in [1.54, 1.807) is 17.0 Å². The smallest absolute Gasteiger partial charge is 0.277 e. The van der Waals surface area contributed by atoms with Gasteiger partial charge in [-0.3, -0.25) is 9.69 Å². The topological polar surface area (TPSA) is 90.6 Å². The molecule has 0 radical (unpaired) electrons. The van der Waals surface area contributed by atoms with Crippen LogP contribution in [-0.4, -0.2) is 40.2 Å². The van der Waals surface area contributed by atoms with Crippen molar-refractivity contribution in [3.63, 3.8) is 0 Å². The van der Waals surface area contributed by atoms with Gasteiger partial charge in [0.1, 0.15) is 0 Å². The summed E-state index contributed by atoms with van der Waals surface area (Å²) in [5, 5.41) is 9.13. The molecular weight excluding hydrogens is 424 g/mol. The number of thiazole rings is 1. The summed E-state index contributed by atoms with van der Waals surface area (Å²) in [5.74, 6) is 1.80. The molecule has 30 heavy (non-hydrogen) atoms. The zero-order valence-corrected chi connectivity index (χ0v) is 17.5. The molecule has 2 aromatic carbocycles. The van der Waals surface area contributed by atoms with Crippen LogP contribution in [0.5, 0.6) is 11.5 Å². The highest BCUT2D eigenvalue weighted by molar-refractivity contribution is 7.99. The summed E-state index contributed by atoms with van der Waals surface area (Å²) in [7, 11) is 0. The second-order valence-corrected chi connectivity index (χ2v) is 8.27. The summed E-state index contributed by atoms with van der Waals surface area (Å²) < 4.78 is 17.4. The Kier molecular flexibility index (Phi) is 5.01. The predicted molar refractivity (Wildman–Crippen MR) is 114 cm³/mol. The number of aromatic nitrogens is 3. The van der Waals surface area contributed by atoms with Crippen LogP contribution >= 0.6 is 23.1 Å². The summed E-state index contributed by atoms with van der Waals surface area (Å²) in [6.07, 6.45) is 0. The standard InChI is InChI=1S/C20H16N4O4S2/c1-2-24(19-21-13-5-3-4-6-16(13)30-19)17(25)10-29-20-23-22-18(28-20)12-7-8-14-15(9-12)27-11-26-14/h3-9H,2,10-11H2,1H3. The number of hydrogen-bond donors (Lipinski definition) is 0. The maximum absolute atomic E-state index is 12.8. The summed E-state index contributed by atoms with van der Waals surface area (Å²) in [6, 6.07) is 13.3. The lowest BCUT2D eigenvalue weighted by Crippen LogP contribution is -2.32. The number of anilines is 1. The van der Waals surface area contributed by atoms with E-state index in [4.69, 9.17) is 13.9 Å². The van der Waals surface area contributed by atoms with Crippen molar-refractivity contribution in [1.29, 1.82) is 0 Å². The van der Waals surface area contributed by atoms with E-state index >= 15 is 0 Å². The van der Waals surface area contributed by atoms with Crippen LogP contribution in [0.2, 0.25) is 0 Å². The summed E-state index contributed by atoms with van der Waals surface area (Å²) in [6.45, 7) is 2.67. The number of ether oxygens (including phenoxy) is 2. The second-order valence-electron chi connectivity index (χ2n) is 6.33. The molecule has 8 nitrogen and oxygen atoms in total. The fourth-order valence-electron chi connectivity index (χ4n) is 3.01. The minimum Gasteiger partial charge on any atom is -0.454 e. The van der Waals surface area contributed by atoms with Crippen LogP contribution in [0.3, 0.4) is 0 Å². The number of thioether (sulfide) groups is 1. The summed E-state index contributed by atoms with van der Waals surface area (Å²) in [5.41, 5.74) is 1.62. The Balaban J connectivity index is 1.27. The molecule has 0 bridgehead atoms. The Hall–Kier alpha value is -3.11. The molecule has 152 valence electrons. The number of fused-ring (bicyclic) bond motifs is 2. The van der Waals surface area contributed by atoms with Gasteiger partial charge >= 0.3 is 0 Å². The number of rotatable bonds is 6. The zero-order valence-electron chi connectivity index (χ0n) is 15.9. The average Bonchev–Trinajstić information content (AvgIpc) is 3.50. The highest BCUT2D eigenvalue weighted by atomic mass is 32.2. The van der Waals surface area contributed by atoms with E-state index in [2.05, 4.69) is 15.2 Å². The summed E-state index contributed by atoms with van der Waals surface area (Å²) in [4.78, 5) is 19.0. The number of hydrogen-bond acceptors (Lipinski definition) is 9. The zero-order chi connectivity index (χ0) is 20.5. The van der Waals surface area contributed by atoms with Crippen LogP contribution in [0.4, 0.5) is 5.13 Å². The molecule has 0 saturated carbocycles. The lowest BCUT2D eigenvalue weighted by Gasteiger charge is -2.16. The largest absolute Gasteiger partial charge is 0.454 e. The first-order chi connectivity index (χ1) is 14.7. The van der Waals surface area contributed by atoms with Crippen molar-refractivity contribution in [2.45, 2.75) is 12.1 Å². The van der Waals surface area contributed by atoms with Crippen LogP contribution in [0.15, 0.2) is 52.1 Å². The highest BCUT2D eigenvalue weighted by Gasteiger charge is 2.20. The van der Waals surface area contributed by atoms with Gasteiger partial charge in [-0.25, -0.2) is 4.98 Å². The number of nitrogens with zero attached hydrogens (tertiary/aromatic N) is 4. The maximum atomic E-state index is 12.8.